The van der Waals surface area contributed by atoms with Crippen LogP contribution in [0.15, 0.2) is 64.3 Å². The van der Waals surface area contributed by atoms with Gasteiger partial charge >= 0.3 is 11.7 Å². The molecule has 1 N–H and O–H groups in total. The van der Waals surface area contributed by atoms with Gasteiger partial charge < -0.3 is 9.72 Å². The predicted molar refractivity (Wildman–Crippen MR) is 110 cm³/mol. The lowest BCUT2D eigenvalue weighted by Gasteiger charge is -2.14. The molecule has 2 aromatic heterocycles. The lowest BCUT2D eigenvalue weighted by molar-refractivity contribution is 0.0337. The molecule has 4 aromatic rings. The van der Waals surface area contributed by atoms with E-state index in [0.717, 1.165) is 21.0 Å². The van der Waals surface area contributed by atoms with Crippen LogP contribution in [0.3, 0.4) is 0 Å². The van der Waals surface area contributed by atoms with Crippen LogP contribution in [0.4, 0.5) is 0 Å². The van der Waals surface area contributed by atoms with Crippen LogP contribution in [0.2, 0.25) is 0 Å². The summed E-state index contributed by atoms with van der Waals surface area (Å²) < 4.78 is 6.68. The highest BCUT2D eigenvalue weighted by Crippen LogP contribution is 2.22. The second-order valence-electron chi connectivity index (χ2n) is 6.75. The molecule has 0 aliphatic heterocycles. The largest absolute Gasteiger partial charge is 0.454 e. The fourth-order valence-corrected chi connectivity index (χ4v) is 3.28. The molecular weight excluding hydrogens is 370 g/mol. The van der Waals surface area contributed by atoms with Crippen LogP contribution >= 0.6 is 0 Å². The first kappa shape index (κ1) is 18.6. The molecule has 1 unspecified atom stereocenters. The maximum atomic E-state index is 12.6. The summed E-state index contributed by atoms with van der Waals surface area (Å²) in [6.45, 7) is 3.76. The van der Waals surface area contributed by atoms with Gasteiger partial charge in [0.2, 0.25) is 0 Å². The van der Waals surface area contributed by atoms with Gasteiger partial charge in [0.1, 0.15) is 6.10 Å². The van der Waals surface area contributed by atoms with Crippen molar-refractivity contribution in [3.05, 3.63) is 86.7 Å². The molecule has 1 atom stereocenters. The number of rotatable bonds is 4. The van der Waals surface area contributed by atoms with E-state index >= 15 is 0 Å². The number of pyridine rings is 1. The van der Waals surface area contributed by atoms with Gasteiger partial charge in [-0.2, -0.15) is 0 Å². The van der Waals surface area contributed by atoms with Gasteiger partial charge in [-0.25, -0.2) is 9.59 Å². The standard InChI is InChI=1S/C22H19N3O4/c1-3-25-20(26)17-9-8-15(11-19(17)24-22(25)28)21(27)29-13(2)16-10-14-6-4-5-7-18(14)23-12-16/h4-13H,3H2,1-2H3,(H,24,28). The van der Waals surface area contributed by atoms with Crippen molar-refractivity contribution in [3.8, 4) is 0 Å². The van der Waals surface area contributed by atoms with E-state index in [2.05, 4.69) is 9.97 Å². The molecule has 0 spiro atoms. The van der Waals surface area contributed by atoms with Crippen molar-refractivity contribution in [2.45, 2.75) is 26.5 Å². The number of benzene rings is 2. The minimum absolute atomic E-state index is 0.252. The van der Waals surface area contributed by atoms with Crippen LogP contribution in [0.5, 0.6) is 0 Å². The summed E-state index contributed by atoms with van der Waals surface area (Å²) in [5.74, 6) is -0.548. The monoisotopic (exact) mass is 389 g/mol. The predicted octanol–water partition coefficient (Wildman–Crippen LogP) is 3.18. The van der Waals surface area contributed by atoms with Crippen molar-refractivity contribution in [1.29, 1.82) is 0 Å². The van der Waals surface area contributed by atoms with Crippen molar-refractivity contribution >= 4 is 27.8 Å². The van der Waals surface area contributed by atoms with Crippen LogP contribution in [0, 0.1) is 0 Å². The van der Waals surface area contributed by atoms with Crippen molar-refractivity contribution in [2.24, 2.45) is 0 Å². The van der Waals surface area contributed by atoms with Crippen LogP contribution in [0.1, 0.15) is 35.9 Å². The van der Waals surface area contributed by atoms with E-state index < -0.39 is 17.8 Å². The summed E-state index contributed by atoms with van der Waals surface area (Å²) in [5.41, 5.74) is 1.30. The van der Waals surface area contributed by atoms with Gasteiger partial charge in [-0.3, -0.25) is 14.3 Å². The zero-order valence-electron chi connectivity index (χ0n) is 16.0. The van der Waals surface area contributed by atoms with Gasteiger partial charge in [-0.15, -0.1) is 0 Å². The number of nitrogens with zero attached hydrogens (tertiary/aromatic N) is 2. The molecule has 2 aromatic carbocycles. The average molecular weight is 389 g/mol. The quantitative estimate of drug-likeness (QED) is 0.541. The first-order chi connectivity index (χ1) is 14.0. The Labute approximate surface area is 165 Å². The van der Waals surface area contributed by atoms with E-state index in [1.165, 1.54) is 18.2 Å². The summed E-state index contributed by atoms with van der Waals surface area (Å²) in [6.07, 6.45) is 1.17. The Kier molecular flexibility index (Phi) is 4.72. The van der Waals surface area contributed by atoms with E-state index in [1.807, 2.05) is 30.3 Å². The summed E-state index contributed by atoms with van der Waals surface area (Å²) in [6, 6.07) is 14.2. The zero-order chi connectivity index (χ0) is 20.5. The number of para-hydroxylation sites is 1. The van der Waals surface area contributed by atoms with Crippen LogP contribution < -0.4 is 11.2 Å². The normalized spacial score (nSPS) is 12.2. The Hall–Kier alpha value is -3.74. The molecule has 0 saturated carbocycles. The van der Waals surface area contributed by atoms with Crippen molar-refractivity contribution < 1.29 is 9.53 Å². The smallest absolute Gasteiger partial charge is 0.338 e. The van der Waals surface area contributed by atoms with Crippen LogP contribution in [-0.4, -0.2) is 20.5 Å². The van der Waals surface area contributed by atoms with Gasteiger partial charge in [0, 0.05) is 23.7 Å². The fraction of sp³-hybridized carbons (Fsp3) is 0.182. The first-order valence-corrected chi connectivity index (χ1v) is 9.30. The van der Waals surface area contributed by atoms with E-state index in [0.29, 0.717) is 10.9 Å². The van der Waals surface area contributed by atoms with Gasteiger partial charge in [-0.05, 0) is 44.2 Å². The van der Waals surface area contributed by atoms with Crippen molar-refractivity contribution in [3.63, 3.8) is 0 Å². The van der Waals surface area contributed by atoms with E-state index in [9.17, 15) is 14.4 Å². The minimum atomic E-state index is -0.548. The number of carbonyl (C=O) groups is 1. The Bertz CT molecular complexity index is 1350. The second-order valence-corrected chi connectivity index (χ2v) is 6.75. The molecule has 2 heterocycles. The Balaban J connectivity index is 1.62. The number of ether oxygens (including phenoxy) is 1. The molecule has 0 saturated heterocycles. The number of hydrogen-bond acceptors (Lipinski definition) is 5. The number of esters is 1. The van der Waals surface area contributed by atoms with Gasteiger partial charge in [0.15, 0.2) is 0 Å². The van der Waals surface area contributed by atoms with Gasteiger partial charge in [0.05, 0.1) is 22.0 Å². The molecule has 0 aliphatic rings. The molecule has 7 heteroatoms. The lowest BCUT2D eigenvalue weighted by Crippen LogP contribution is -2.34. The Morgan fingerprint density at radius 1 is 1.17 bits per heavy atom. The van der Waals surface area contributed by atoms with Gasteiger partial charge in [0.25, 0.3) is 5.56 Å². The first-order valence-electron chi connectivity index (χ1n) is 9.30. The van der Waals surface area contributed by atoms with Gasteiger partial charge in [-0.1, -0.05) is 18.2 Å². The summed E-state index contributed by atoms with van der Waals surface area (Å²) >= 11 is 0. The number of H-pyrrole nitrogens is 1. The number of aromatic nitrogens is 3. The second kappa shape index (κ2) is 7.35. The van der Waals surface area contributed by atoms with E-state index in [4.69, 9.17) is 4.74 Å². The summed E-state index contributed by atoms with van der Waals surface area (Å²) in [5, 5.41) is 1.30. The van der Waals surface area contributed by atoms with E-state index in [1.54, 1.807) is 20.0 Å². The maximum absolute atomic E-state index is 12.6. The lowest BCUT2D eigenvalue weighted by atomic mass is 10.1. The Morgan fingerprint density at radius 3 is 2.76 bits per heavy atom. The average Bonchev–Trinajstić information content (AvgIpc) is 2.73. The number of aromatic amines is 1. The van der Waals surface area contributed by atoms with E-state index in [-0.39, 0.29) is 17.7 Å². The Morgan fingerprint density at radius 2 is 1.97 bits per heavy atom. The third kappa shape index (κ3) is 3.42. The summed E-state index contributed by atoms with van der Waals surface area (Å²) in [4.78, 5) is 44.0. The van der Waals surface area contributed by atoms with Crippen molar-refractivity contribution in [2.75, 3.05) is 0 Å². The zero-order valence-corrected chi connectivity index (χ0v) is 16.0. The molecule has 0 fully saturated rings. The molecule has 0 radical (unpaired) electrons. The fourth-order valence-electron chi connectivity index (χ4n) is 3.28. The highest BCUT2D eigenvalue weighted by Gasteiger charge is 2.16. The van der Waals surface area contributed by atoms with Crippen LogP contribution in [-0.2, 0) is 11.3 Å². The molecule has 7 nitrogen and oxygen atoms in total. The molecule has 0 aliphatic carbocycles. The van der Waals surface area contributed by atoms with Crippen LogP contribution in [0.25, 0.3) is 21.8 Å². The number of carbonyl (C=O) groups excluding carboxylic acids is 1. The molecule has 0 bridgehead atoms. The van der Waals surface area contributed by atoms with Crippen molar-refractivity contribution in [1.82, 2.24) is 14.5 Å². The highest BCUT2D eigenvalue weighted by molar-refractivity contribution is 5.94. The molecule has 146 valence electrons. The molecular formula is C22H19N3O4. The highest BCUT2D eigenvalue weighted by atomic mass is 16.5. The number of fused-ring (bicyclic) bond motifs is 2. The number of hydrogen-bond donors (Lipinski definition) is 1. The maximum Gasteiger partial charge on any atom is 0.338 e. The third-order valence-corrected chi connectivity index (χ3v) is 4.90. The molecule has 29 heavy (non-hydrogen) atoms. The molecule has 0 amide bonds. The topological polar surface area (TPSA) is 94.1 Å². The number of nitrogens with one attached hydrogen (secondary N) is 1. The SMILES string of the molecule is CCn1c(=O)[nH]c2cc(C(=O)OC(C)c3cnc4ccccc4c3)ccc2c1=O. The third-order valence-electron chi connectivity index (χ3n) is 4.90. The molecule has 4 rings (SSSR count). The minimum Gasteiger partial charge on any atom is -0.454 e. The summed E-state index contributed by atoms with van der Waals surface area (Å²) in [7, 11) is 0.